The van der Waals surface area contributed by atoms with Gasteiger partial charge in [0.2, 0.25) is 5.91 Å². The number of carbonyl (C=O) groups excluding carboxylic acids is 1. The van der Waals surface area contributed by atoms with Crippen molar-refractivity contribution in [3.63, 3.8) is 0 Å². The van der Waals surface area contributed by atoms with E-state index in [4.69, 9.17) is 17.3 Å². The van der Waals surface area contributed by atoms with Crippen molar-refractivity contribution in [1.82, 2.24) is 9.97 Å². The van der Waals surface area contributed by atoms with Crippen molar-refractivity contribution in [3.8, 4) is 0 Å². The minimum absolute atomic E-state index is 0.200. The van der Waals surface area contributed by atoms with Crippen LogP contribution in [0.15, 0.2) is 0 Å². The maximum atomic E-state index is 11.6. The molecule has 2 heterocycles. The summed E-state index contributed by atoms with van der Waals surface area (Å²) in [4.78, 5) is 22.5. The Morgan fingerprint density at radius 2 is 2.05 bits per heavy atom. The van der Waals surface area contributed by atoms with Crippen molar-refractivity contribution in [1.29, 1.82) is 0 Å². The highest BCUT2D eigenvalue weighted by atomic mass is 35.5. The average Bonchev–Trinajstić information content (AvgIpc) is 2.80. The van der Waals surface area contributed by atoms with Gasteiger partial charge in [-0.1, -0.05) is 32.4 Å². The van der Waals surface area contributed by atoms with E-state index in [0.717, 1.165) is 30.8 Å². The van der Waals surface area contributed by atoms with E-state index >= 15 is 0 Å². The molecule has 0 radical (unpaired) electrons. The molecule has 6 heteroatoms. The predicted molar refractivity (Wildman–Crippen MR) is 80.0 cm³/mol. The number of carbonyl (C=O) groups is 1. The molecule has 0 aliphatic carbocycles. The SMILES string of the molecule is Cc1c(Cl)nc(C(C)(C)C)nc1N1CCCC1C(N)=O. The summed E-state index contributed by atoms with van der Waals surface area (Å²) in [5.74, 6) is 1.10. The number of hydrogen-bond acceptors (Lipinski definition) is 4. The van der Waals surface area contributed by atoms with Crippen LogP contribution < -0.4 is 10.6 Å². The highest BCUT2D eigenvalue weighted by Gasteiger charge is 2.32. The number of rotatable bonds is 2. The van der Waals surface area contributed by atoms with Gasteiger partial charge in [0.1, 0.15) is 22.8 Å². The van der Waals surface area contributed by atoms with E-state index in [0.29, 0.717) is 11.0 Å². The first-order valence-corrected chi connectivity index (χ1v) is 7.20. The average molecular weight is 297 g/mol. The topological polar surface area (TPSA) is 72.1 Å². The van der Waals surface area contributed by atoms with Crippen molar-refractivity contribution < 1.29 is 4.79 Å². The smallest absolute Gasteiger partial charge is 0.240 e. The molecule has 1 saturated heterocycles. The Bertz CT molecular complexity index is 539. The normalized spacial score (nSPS) is 19.4. The number of primary amides is 1. The van der Waals surface area contributed by atoms with Crippen LogP contribution in [0.1, 0.15) is 45.0 Å². The Morgan fingerprint density at radius 3 is 2.60 bits per heavy atom. The third-order valence-corrected chi connectivity index (χ3v) is 3.95. The lowest BCUT2D eigenvalue weighted by atomic mass is 9.95. The van der Waals surface area contributed by atoms with Gasteiger partial charge in [-0.2, -0.15) is 0 Å². The molecule has 1 fully saturated rings. The Morgan fingerprint density at radius 1 is 1.40 bits per heavy atom. The highest BCUT2D eigenvalue weighted by molar-refractivity contribution is 6.30. The van der Waals surface area contributed by atoms with E-state index < -0.39 is 0 Å². The number of hydrogen-bond donors (Lipinski definition) is 1. The molecule has 0 spiro atoms. The first-order chi connectivity index (χ1) is 9.21. The van der Waals surface area contributed by atoms with E-state index in [-0.39, 0.29) is 17.4 Å². The molecule has 1 amide bonds. The lowest BCUT2D eigenvalue weighted by molar-refractivity contribution is -0.119. The molecule has 0 aromatic carbocycles. The molecule has 5 nitrogen and oxygen atoms in total. The van der Waals surface area contributed by atoms with Crippen LogP contribution in [-0.4, -0.2) is 28.5 Å². The lowest BCUT2D eigenvalue weighted by Gasteiger charge is -2.27. The van der Waals surface area contributed by atoms with Crippen LogP contribution in [0.25, 0.3) is 0 Å². The maximum absolute atomic E-state index is 11.6. The summed E-state index contributed by atoms with van der Waals surface area (Å²) >= 11 is 6.24. The first-order valence-electron chi connectivity index (χ1n) is 6.82. The van der Waals surface area contributed by atoms with Crippen LogP contribution in [-0.2, 0) is 10.2 Å². The van der Waals surface area contributed by atoms with Gasteiger partial charge >= 0.3 is 0 Å². The van der Waals surface area contributed by atoms with E-state index in [1.165, 1.54) is 0 Å². The van der Waals surface area contributed by atoms with Gasteiger partial charge in [-0.05, 0) is 19.8 Å². The van der Waals surface area contributed by atoms with Gasteiger partial charge in [0.15, 0.2) is 0 Å². The van der Waals surface area contributed by atoms with Gasteiger partial charge in [-0.25, -0.2) is 9.97 Å². The van der Waals surface area contributed by atoms with E-state index in [2.05, 4.69) is 9.97 Å². The largest absolute Gasteiger partial charge is 0.368 e. The van der Waals surface area contributed by atoms with Gasteiger partial charge in [0.25, 0.3) is 0 Å². The zero-order valence-corrected chi connectivity index (χ0v) is 13.2. The monoisotopic (exact) mass is 296 g/mol. The summed E-state index contributed by atoms with van der Waals surface area (Å²) < 4.78 is 0. The quantitative estimate of drug-likeness (QED) is 0.849. The van der Waals surface area contributed by atoms with Crippen LogP contribution in [0, 0.1) is 6.92 Å². The maximum Gasteiger partial charge on any atom is 0.240 e. The fraction of sp³-hybridized carbons (Fsp3) is 0.643. The standard InChI is InChI=1S/C14H21ClN4O/c1-8-10(15)17-13(14(2,3)4)18-12(8)19-7-5-6-9(19)11(16)20/h9H,5-7H2,1-4H3,(H2,16,20). The summed E-state index contributed by atoms with van der Waals surface area (Å²) in [6, 6.07) is -0.299. The van der Waals surface area contributed by atoms with Crippen LogP contribution >= 0.6 is 11.6 Å². The number of aromatic nitrogens is 2. The first kappa shape index (κ1) is 15.0. The summed E-state index contributed by atoms with van der Waals surface area (Å²) in [5, 5.41) is 0.440. The number of nitrogens with zero attached hydrogens (tertiary/aromatic N) is 3. The Labute approximate surface area is 124 Å². The van der Waals surface area contributed by atoms with Gasteiger partial charge in [-0.3, -0.25) is 4.79 Å². The Balaban J connectivity index is 2.50. The summed E-state index contributed by atoms with van der Waals surface area (Å²) in [6.07, 6.45) is 1.70. The second-order valence-electron chi connectivity index (χ2n) is 6.29. The lowest BCUT2D eigenvalue weighted by Crippen LogP contribution is -2.41. The molecular formula is C14H21ClN4O. The van der Waals surface area contributed by atoms with Crippen LogP contribution in [0.5, 0.6) is 0 Å². The fourth-order valence-corrected chi connectivity index (χ4v) is 2.57. The van der Waals surface area contributed by atoms with Crippen molar-refractivity contribution in [2.24, 2.45) is 5.73 Å². The fourth-order valence-electron chi connectivity index (χ4n) is 2.41. The zero-order valence-electron chi connectivity index (χ0n) is 12.4. The van der Waals surface area contributed by atoms with Crippen LogP contribution in [0.4, 0.5) is 5.82 Å². The molecule has 1 aromatic heterocycles. The molecule has 2 rings (SSSR count). The predicted octanol–water partition coefficient (Wildman–Crippen LogP) is 2.19. The molecule has 1 unspecified atom stereocenters. The van der Waals surface area contributed by atoms with Crippen molar-refractivity contribution in [2.45, 2.75) is 52.0 Å². The molecule has 1 aliphatic heterocycles. The molecular weight excluding hydrogens is 276 g/mol. The number of amides is 1. The second-order valence-corrected chi connectivity index (χ2v) is 6.65. The molecule has 1 aliphatic rings. The molecule has 20 heavy (non-hydrogen) atoms. The third-order valence-electron chi connectivity index (χ3n) is 3.58. The Hall–Kier alpha value is -1.36. The highest BCUT2D eigenvalue weighted by Crippen LogP contribution is 2.32. The summed E-state index contributed by atoms with van der Waals surface area (Å²) in [5.41, 5.74) is 6.08. The molecule has 0 saturated carbocycles. The van der Waals surface area contributed by atoms with E-state index in [9.17, 15) is 4.79 Å². The van der Waals surface area contributed by atoms with Crippen molar-refractivity contribution >= 4 is 23.3 Å². The minimum Gasteiger partial charge on any atom is -0.368 e. The number of anilines is 1. The zero-order chi connectivity index (χ0) is 15.1. The second kappa shape index (κ2) is 5.20. The van der Waals surface area contributed by atoms with E-state index in [1.807, 2.05) is 32.6 Å². The van der Waals surface area contributed by atoms with Gasteiger partial charge < -0.3 is 10.6 Å². The summed E-state index contributed by atoms with van der Waals surface area (Å²) in [7, 11) is 0. The van der Waals surface area contributed by atoms with Crippen LogP contribution in [0.2, 0.25) is 5.15 Å². The van der Waals surface area contributed by atoms with Crippen LogP contribution in [0.3, 0.4) is 0 Å². The number of halogens is 1. The molecule has 1 aromatic rings. The van der Waals surface area contributed by atoms with Crippen molar-refractivity contribution in [2.75, 3.05) is 11.4 Å². The van der Waals surface area contributed by atoms with E-state index in [1.54, 1.807) is 0 Å². The summed E-state index contributed by atoms with van der Waals surface area (Å²) in [6.45, 7) is 8.75. The molecule has 110 valence electrons. The minimum atomic E-state index is -0.311. The Kier molecular flexibility index (Phi) is 3.91. The third kappa shape index (κ3) is 2.73. The molecule has 0 bridgehead atoms. The molecule has 1 atom stereocenters. The molecule has 2 N–H and O–H groups in total. The van der Waals surface area contributed by atoms with Gasteiger partial charge in [-0.15, -0.1) is 0 Å². The van der Waals surface area contributed by atoms with Crippen molar-refractivity contribution in [3.05, 3.63) is 16.5 Å². The van der Waals surface area contributed by atoms with Gasteiger partial charge in [0, 0.05) is 17.5 Å². The van der Waals surface area contributed by atoms with Gasteiger partial charge in [0.05, 0.1) is 0 Å². The number of nitrogens with two attached hydrogens (primary N) is 1.